The molecule has 1 aliphatic rings. The molecule has 6 heteroatoms. The third-order valence-electron chi connectivity index (χ3n) is 4.90. The molecule has 3 aromatic rings. The molecule has 27 heavy (non-hydrogen) atoms. The SMILES string of the molecule is C[C@@H](NS(=O)(=O)c1ccc2c(c1)CCC(=O)N2)c1cccc2ccccc12. The van der Waals surface area contributed by atoms with E-state index in [1.807, 2.05) is 49.4 Å². The van der Waals surface area contributed by atoms with Crippen LogP contribution in [-0.4, -0.2) is 14.3 Å². The number of nitrogens with one attached hydrogen (secondary N) is 2. The molecule has 0 fully saturated rings. The largest absolute Gasteiger partial charge is 0.326 e. The fourth-order valence-electron chi connectivity index (χ4n) is 3.52. The molecule has 3 aromatic carbocycles. The molecule has 0 spiro atoms. The van der Waals surface area contributed by atoms with Crippen LogP contribution in [-0.2, 0) is 21.2 Å². The van der Waals surface area contributed by atoms with E-state index in [1.165, 1.54) is 6.07 Å². The van der Waals surface area contributed by atoms with Gasteiger partial charge in [-0.3, -0.25) is 4.79 Å². The van der Waals surface area contributed by atoms with Crippen molar-refractivity contribution in [1.29, 1.82) is 0 Å². The van der Waals surface area contributed by atoms with E-state index in [1.54, 1.807) is 12.1 Å². The molecule has 1 amide bonds. The summed E-state index contributed by atoms with van der Waals surface area (Å²) in [6.07, 6.45) is 0.916. The van der Waals surface area contributed by atoms with Crippen LogP contribution >= 0.6 is 0 Å². The van der Waals surface area contributed by atoms with E-state index < -0.39 is 10.0 Å². The Morgan fingerprint density at radius 3 is 2.63 bits per heavy atom. The van der Waals surface area contributed by atoms with Gasteiger partial charge in [0.25, 0.3) is 0 Å². The molecule has 4 rings (SSSR count). The zero-order chi connectivity index (χ0) is 19.0. The number of hydrogen-bond donors (Lipinski definition) is 2. The van der Waals surface area contributed by atoms with Gasteiger partial charge in [0.2, 0.25) is 15.9 Å². The van der Waals surface area contributed by atoms with Crippen LogP contribution in [0, 0.1) is 0 Å². The van der Waals surface area contributed by atoms with E-state index in [-0.39, 0.29) is 16.8 Å². The van der Waals surface area contributed by atoms with Crippen LogP contribution in [0.2, 0.25) is 0 Å². The molecular formula is C21H20N2O3S. The van der Waals surface area contributed by atoms with E-state index >= 15 is 0 Å². The van der Waals surface area contributed by atoms with Crippen molar-refractivity contribution >= 4 is 32.4 Å². The number of amides is 1. The van der Waals surface area contributed by atoms with Crippen LogP contribution in [0.25, 0.3) is 10.8 Å². The van der Waals surface area contributed by atoms with E-state index in [2.05, 4.69) is 10.0 Å². The lowest BCUT2D eigenvalue weighted by atomic mass is 10.0. The first-order valence-corrected chi connectivity index (χ1v) is 10.4. The molecule has 0 radical (unpaired) electrons. The van der Waals surface area contributed by atoms with Crippen LogP contribution in [0.1, 0.15) is 30.5 Å². The molecule has 1 heterocycles. The monoisotopic (exact) mass is 380 g/mol. The second kappa shape index (κ2) is 6.79. The summed E-state index contributed by atoms with van der Waals surface area (Å²) >= 11 is 0. The van der Waals surface area contributed by atoms with Gasteiger partial charge in [0.15, 0.2) is 0 Å². The van der Waals surface area contributed by atoms with Crippen molar-refractivity contribution in [2.45, 2.75) is 30.7 Å². The van der Waals surface area contributed by atoms with Crippen LogP contribution in [0.3, 0.4) is 0 Å². The van der Waals surface area contributed by atoms with Crippen molar-refractivity contribution in [3.63, 3.8) is 0 Å². The molecule has 0 aromatic heterocycles. The Morgan fingerprint density at radius 2 is 1.78 bits per heavy atom. The second-order valence-corrected chi connectivity index (χ2v) is 8.49. The smallest absolute Gasteiger partial charge is 0.241 e. The summed E-state index contributed by atoms with van der Waals surface area (Å²) in [5.74, 6) is -0.0409. The molecule has 5 nitrogen and oxygen atoms in total. The predicted molar refractivity (Wildman–Crippen MR) is 106 cm³/mol. The lowest BCUT2D eigenvalue weighted by molar-refractivity contribution is -0.116. The van der Waals surface area contributed by atoms with Crippen molar-refractivity contribution in [3.05, 3.63) is 71.8 Å². The first-order chi connectivity index (χ1) is 12.9. The first kappa shape index (κ1) is 17.7. The van der Waals surface area contributed by atoms with Crippen molar-refractivity contribution in [2.75, 3.05) is 5.32 Å². The van der Waals surface area contributed by atoms with Gasteiger partial charge in [0, 0.05) is 18.2 Å². The van der Waals surface area contributed by atoms with Gasteiger partial charge >= 0.3 is 0 Å². The zero-order valence-corrected chi connectivity index (χ0v) is 15.7. The van der Waals surface area contributed by atoms with Crippen LogP contribution in [0.5, 0.6) is 0 Å². The summed E-state index contributed by atoms with van der Waals surface area (Å²) in [5, 5.41) is 4.88. The minimum atomic E-state index is -3.69. The van der Waals surface area contributed by atoms with Gasteiger partial charge in [-0.25, -0.2) is 13.1 Å². The van der Waals surface area contributed by atoms with E-state index in [0.29, 0.717) is 18.5 Å². The molecule has 1 atom stereocenters. The lowest BCUT2D eigenvalue weighted by Gasteiger charge is -2.20. The average Bonchev–Trinajstić information content (AvgIpc) is 2.66. The standard InChI is InChI=1S/C21H20N2O3S/c1-14(18-8-4-6-15-5-2-3-7-19(15)18)23-27(25,26)17-10-11-20-16(13-17)9-12-21(24)22-20/h2-8,10-11,13-14,23H,9,12H2,1H3,(H,22,24)/t14-/m1/s1. The third kappa shape index (κ3) is 3.46. The normalized spacial score (nSPS) is 15.2. The highest BCUT2D eigenvalue weighted by atomic mass is 32.2. The second-order valence-electron chi connectivity index (χ2n) is 6.78. The summed E-state index contributed by atoms with van der Waals surface area (Å²) in [7, 11) is -3.69. The third-order valence-corrected chi connectivity index (χ3v) is 6.44. The van der Waals surface area contributed by atoms with Crippen molar-refractivity contribution in [3.8, 4) is 0 Å². The number of anilines is 1. The maximum atomic E-state index is 12.9. The summed E-state index contributed by atoms with van der Waals surface area (Å²) in [6, 6.07) is 18.3. The predicted octanol–water partition coefficient (Wildman–Crippen LogP) is 3.76. The number of rotatable bonds is 4. The molecule has 2 N–H and O–H groups in total. The highest BCUT2D eigenvalue weighted by molar-refractivity contribution is 7.89. The van der Waals surface area contributed by atoms with Crippen LogP contribution < -0.4 is 10.0 Å². The highest BCUT2D eigenvalue weighted by Crippen LogP contribution is 2.28. The zero-order valence-electron chi connectivity index (χ0n) is 14.9. The molecule has 0 bridgehead atoms. The van der Waals surface area contributed by atoms with Gasteiger partial charge < -0.3 is 5.32 Å². The molecule has 1 aliphatic heterocycles. The summed E-state index contributed by atoms with van der Waals surface area (Å²) in [5.41, 5.74) is 2.46. The molecule has 0 unspecified atom stereocenters. The topological polar surface area (TPSA) is 75.3 Å². The minimum absolute atomic E-state index is 0.0409. The Bertz CT molecular complexity index is 1130. The number of aryl methyl sites for hydroxylation is 1. The molecule has 0 saturated heterocycles. The molecule has 138 valence electrons. The fraction of sp³-hybridized carbons (Fsp3) is 0.190. The van der Waals surface area contributed by atoms with E-state index in [0.717, 1.165) is 21.9 Å². The van der Waals surface area contributed by atoms with Gasteiger partial charge in [0.05, 0.1) is 4.90 Å². The van der Waals surface area contributed by atoms with Gasteiger partial charge in [-0.15, -0.1) is 0 Å². The number of carbonyl (C=O) groups excluding carboxylic acids is 1. The van der Waals surface area contributed by atoms with E-state index in [4.69, 9.17) is 0 Å². The molecule has 0 aliphatic carbocycles. The van der Waals surface area contributed by atoms with E-state index in [9.17, 15) is 13.2 Å². The summed E-state index contributed by atoms with van der Waals surface area (Å²) < 4.78 is 28.6. The Hall–Kier alpha value is -2.70. The number of carbonyl (C=O) groups is 1. The maximum absolute atomic E-state index is 12.9. The molecule has 0 saturated carbocycles. The van der Waals surface area contributed by atoms with Gasteiger partial charge in [-0.2, -0.15) is 0 Å². The van der Waals surface area contributed by atoms with Crippen molar-refractivity contribution in [1.82, 2.24) is 4.72 Å². The quantitative estimate of drug-likeness (QED) is 0.724. The Kier molecular flexibility index (Phi) is 4.45. The van der Waals surface area contributed by atoms with Gasteiger partial charge in [-0.05, 0) is 53.4 Å². The highest BCUT2D eigenvalue weighted by Gasteiger charge is 2.22. The Labute approximate surface area is 158 Å². The number of hydrogen-bond acceptors (Lipinski definition) is 3. The summed E-state index contributed by atoms with van der Waals surface area (Å²) in [6.45, 7) is 1.85. The number of sulfonamides is 1. The minimum Gasteiger partial charge on any atom is -0.326 e. The molecular weight excluding hydrogens is 360 g/mol. The maximum Gasteiger partial charge on any atom is 0.241 e. The van der Waals surface area contributed by atoms with Crippen molar-refractivity contribution in [2.24, 2.45) is 0 Å². The number of benzene rings is 3. The Balaban J connectivity index is 1.64. The first-order valence-electron chi connectivity index (χ1n) is 8.87. The van der Waals surface area contributed by atoms with Crippen LogP contribution in [0.15, 0.2) is 65.6 Å². The van der Waals surface area contributed by atoms with Crippen molar-refractivity contribution < 1.29 is 13.2 Å². The van der Waals surface area contributed by atoms with Crippen LogP contribution in [0.4, 0.5) is 5.69 Å². The Morgan fingerprint density at radius 1 is 1.00 bits per heavy atom. The fourth-order valence-corrected chi connectivity index (χ4v) is 4.79. The summed E-state index contributed by atoms with van der Waals surface area (Å²) in [4.78, 5) is 11.7. The average molecular weight is 380 g/mol. The van der Waals surface area contributed by atoms with Gasteiger partial charge in [-0.1, -0.05) is 42.5 Å². The lowest BCUT2D eigenvalue weighted by Crippen LogP contribution is -2.27. The van der Waals surface area contributed by atoms with Gasteiger partial charge in [0.1, 0.15) is 0 Å². The number of fused-ring (bicyclic) bond motifs is 2.